The fourth-order valence-corrected chi connectivity index (χ4v) is 7.38. The van der Waals surface area contributed by atoms with Crippen molar-refractivity contribution in [3.8, 4) is 0 Å². The van der Waals surface area contributed by atoms with Gasteiger partial charge in [0.2, 0.25) is 17.7 Å². The van der Waals surface area contributed by atoms with Gasteiger partial charge in [0.15, 0.2) is 0 Å². The number of likely N-dealkylation sites (tertiary alicyclic amines) is 1. The molecule has 37 heavy (non-hydrogen) atoms. The number of ether oxygens (including phenoxy) is 1. The SMILES string of the molecule is CC[C@@H](CO)N1C(=O)[C@@H]2[C@@H](C(=O)Nc3ccccc3)[C@@]3(C)CCC2(O3)C1C(=O)NC(C)(C)CC(C)(C)C. The summed E-state index contributed by atoms with van der Waals surface area (Å²) in [5.74, 6) is -2.39. The monoisotopic (exact) mass is 513 g/mol. The molecular formula is C29H43N3O5. The van der Waals surface area contributed by atoms with Gasteiger partial charge in [-0.15, -0.1) is 0 Å². The molecule has 3 saturated heterocycles. The molecule has 2 unspecified atom stereocenters. The summed E-state index contributed by atoms with van der Waals surface area (Å²) < 4.78 is 6.67. The Balaban J connectivity index is 1.72. The van der Waals surface area contributed by atoms with Crippen LogP contribution in [0.25, 0.3) is 0 Å². The van der Waals surface area contributed by atoms with E-state index in [1.807, 2.05) is 45.9 Å². The molecule has 1 aromatic carbocycles. The molecule has 3 aliphatic heterocycles. The molecule has 4 rings (SSSR count). The maximum atomic E-state index is 14.1. The number of nitrogens with zero attached hydrogens (tertiary/aromatic N) is 1. The van der Waals surface area contributed by atoms with Crippen molar-refractivity contribution in [2.75, 3.05) is 11.9 Å². The lowest BCUT2D eigenvalue weighted by Crippen LogP contribution is -2.61. The number of carbonyl (C=O) groups excluding carboxylic acids is 3. The quantitative estimate of drug-likeness (QED) is 0.493. The van der Waals surface area contributed by atoms with Gasteiger partial charge in [0.05, 0.1) is 30.1 Å². The third kappa shape index (κ3) is 4.78. The van der Waals surface area contributed by atoms with Gasteiger partial charge in [-0.25, -0.2) is 0 Å². The minimum Gasteiger partial charge on any atom is -0.394 e. The maximum Gasteiger partial charge on any atom is 0.246 e. The average Bonchev–Trinajstić information content (AvgIpc) is 3.34. The number of para-hydroxylation sites is 1. The number of carbonyl (C=O) groups is 3. The lowest BCUT2D eigenvalue weighted by atomic mass is 9.66. The maximum absolute atomic E-state index is 14.1. The lowest BCUT2D eigenvalue weighted by Gasteiger charge is -2.40. The second-order valence-corrected chi connectivity index (χ2v) is 13.2. The molecule has 3 N–H and O–H groups in total. The molecule has 2 bridgehead atoms. The number of hydrogen-bond acceptors (Lipinski definition) is 5. The summed E-state index contributed by atoms with van der Waals surface area (Å²) in [5, 5.41) is 16.4. The van der Waals surface area contributed by atoms with E-state index in [0.29, 0.717) is 24.9 Å². The molecule has 1 aromatic rings. The Morgan fingerprint density at radius 1 is 1.14 bits per heavy atom. The van der Waals surface area contributed by atoms with E-state index in [2.05, 4.69) is 31.4 Å². The first-order chi connectivity index (χ1) is 17.2. The van der Waals surface area contributed by atoms with Crippen LogP contribution in [0.5, 0.6) is 0 Å². The lowest BCUT2D eigenvalue weighted by molar-refractivity contribution is -0.149. The zero-order valence-electron chi connectivity index (χ0n) is 23.3. The zero-order valence-corrected chi connectivity index (χ0v) is 23.3. The number of hydrogen-bond donors (Lipinski definition) is 3. The van der Waals surface area contributed by atoms with Crippen LogP contribution in [0, 0.1) is 17.3 Å². The molecule has 3 aliphatic rings. The number of fused-ring (bicyclic) bond motifs is 1. The number of nitrogens with one attached hydrogen (secondary N) is 2. The number of anilines is 1. The van der Waals surface area contributed by atoms with Crippen LogP contribution in [0.3, 0.4) is 0 Å². The third-order valence-electron chi connectivity index (χ3n) is 8.30. The third-order valence-corrected chi connectivity index (χ3v) is 8.30. The second-order valence-electron chi connectivity index (χ2n) is 13.2. The molecule has 8 nitrogen and oxygen atoms in total. The summed E-state index contributed by atoms with van der Waals surface area (Å²) in [6.45, 7) is 13.8. The Hall–Kier alpha value is -2.45. The van der Waals surface area contributed by atoms with Crippen LogP contribution in [0.2, 0.25) is 0 Å². The van der Waals surface area contributed by atoms with Gasteiger partial charge in [0, 0.05) is 11.2 Å². The minimum atomic E-state index is -1.12. The minimum absolute atomic E-state index is 0.0176. The summed E-state index contributed by atoms with van der Waals surface area (Å²) in [5.41, 5.74) is -1.86. The first-order valence-electron chi connectivity index (χ1n) is 13.5. The molecule has 3 amide bonds. The summed E-state index contributed by atoms with van der Waals surface area (Å²) in [7, 11) is 0. The molecule has 0 aliphatic carbocycles. The highest BCUT2D eigenvalue weighted by molar-refractivity contribution is 6.02. The van der Waals surface area contributed by atoms with Gasteiger partial charge in [-0.2, -0.15) is 0 Å². The first kappa shape index (κ1) is 27.6. The summed E-state index contributed by atoms with van der Waals surface area (Å²) in [6, 6.07) is 7.70. The highest BCUT2D eigenvalue weighted by Gasteiger charge is 2.78. The van der Waals surface area contributed by atoms with E-state index in [1.165, 1.54) is 4.90 Å². The van der Waals surface area contributed by atoms with Crippen molar-refractivity contribution in [1.82, 2.24) is 10.2 Å². The van der Waals surface area contributed by atoms with E-state index in [9.17, 15) is 19.5 Å². The van der Waals surface area contributed by atoms with Crippen LogP contribution in [-0.2, 0) is 19.1 Å². The van der Waals surface area contributed by atoms with Crippen molar-refractivity contribution in [3.05, 3.63) is 30.3 Å². The Bertz CT molecular complexity index is 1050. The normalized spacial score (nSPS) is 31.8. The standard InChI is InChI=1S/C29H43N3O5/c1-8-19(16-33)32-22(24(35)31-27(5,6)17-26(2,3)4)29-15-14-28(7,37-29)20(21(29)25(32)36)23(34)30-18-12-10-9-11-13-18/h9-13,19-22,33H,8,14-17H2,1-7H3,(H,30,34)(H,31,35)/t19-,20-,21-,22?,28+,29?/m0/s1. The fraction of sp³-hybridized carbons (Fsp3) is 0.690. The summed E-state index contributed by atoms with van der Waals surface area (Å²) >= 11 is 0. The Morgan fingerprint density at radius 2 is 1.78 bits per heavy atom. The average molecular weight is 514 g/mol. The zero-order chi connectivity index (χ0) is 27.4. The molecule has 0 aromatic heterocycles. The van der Waals surface area contributed by atoms with Gasteiger partial charge in [0.25, 0.3) is 0 Å². The Labute approximate surface area is 220 Å². The molecular weight excluding hydrogens is 470 g/mol. The topological polar surface area (TPSA) is 108 Å². The summed E-state index contributed by atoms with van der Waals surface area (Å²) in [6.07, 6.45) is 2.30. The van der Waals surface area contributed by atoms with Crippen LogP contribution in [0.1, 0.15) is 74.1 Å². The largest absolute Gasteiger partial charge is 0.394 e. The van der Waals surface area contributed by atoms with Gasteiger partial charge < -0.3 is 25.4 Å². The van der Waals surface area contributed by atoms with Crippen LogP contribution in [-0.4, -0.2) is 63.2 Å². The van der Waals surface area contributed by atoms with Crippen molar-refractivity contribution in [1.29, 1.82) is 0 Å². The van der Waals surface area contributed by atoms with Crippen molar-refractivity contribution in [2.24, 2.45) is 17.3 Å². The smallest absolute Gasteiger partial charge is 0.246 e. The highest BCUT2D eigenvalue weighted by Crippen LogP contribution is 2.63. The molecule has 0 saturated carbocycles. The Morgan fingerprint density at radius 3 is 2.35 bits per heavy atom. The van der Waals surface area contributed by atoms with Crippen LogP contribution >= 0.6 is 0 Å². The van der Waals surface area contributed by atoms with Crippen molar-refractivity contribution >= 4 is 23.4 Å². The Kier molecular flexibility index (Phi) is 6.99. The molecule has 8 heteroatoms. The van der Waals surface area contributed by atoms with E-state index >= 15 is 0 Å². The van der Waals surface area contributed by atoms with E-state index in [1.54, 1.807) is 12.1 Å². The summed E-state index contributed by atoms with van der Waals surface area (Å²) in [4.78, 5) is 43.4. The predicted molar refractivity (Wildman–Crippen MR) is 142 cm³/mol. The van der Waals surface area contributed by atoms with Crippen LogP contribution in [0.4, 0.5) is 5.69 Å². The molecule has 3 fully saturated rings. The van der Waals surface area contributed by atoms with Crippen LogP contribution in [0.15, 0.2) is 30.3 Å². The second kappa shape index (κ2) is 9.38. The highest BCUT2D eigenvalue weighted by atomic mass is 16.5. The molecule has 204 valence electrons. The van der Waals surface area contributed by atoms with Crippen molar-refractivity contribution < 1.29 is 24.2 Å². The van der Waals surface area contributed by atoms with Gasteiger partial charge >= 0.3 is 0 Å². The van der Waals surface area contributed by atoms with E-state index in [0.717, 1.165) is 6.42 Å². The molecule has 1 spiro atoms. The number of rotatable bonds is 8. The predicted octanol–water partition coefficient (Wildman–Crippen LogP) is 3.49. The van der Waals surface area contributed by atoms with Crippen LogP contribution < -0.4 is 10.6 Å². The van der Waals surface area contributed by atoms with E-state index < -0.39 is 40.7 Å². The van der Waals surface area contributed by atoms with Gasteiger partial charge in [0.1, 0.15) is 11.6 Å². The van der Waals surface area contributed by atoms with E-state index in [-0.39, 0.29) is 29.7 Å². The molecule has 0 radical (unpaired) electrons. The first-order valence-corrected chi connectivity index (χ1v) is 13.5. The van der Waals surface area contributed by atoms with E-state index in [4.69, 9.17) is 4.74 Å². The van der Waals surface area contributed by atoms with Crippen molar-refractivity contribution in [3.63, 3.8) is 0 Å². The van der Waals surface area contributed by atoms with Gasteiger partial charge in [-0.05, 0) is 64.0 Å². The number of amides is 3. The van der Waals surface area contributed by atoms with Crippen molar-refractivity contribution in [2.45, 2.75) is 103 Å². The molecule has 6 atom stereocenters. The molecule has 3 heterocycles. The van der Waals surface area contributed by atoms with Gasteiger partial charge in [-0.1, -0.05) is 45.9 Å². The fourth-order valence-electron chi connectivity index (χ4n) is 7.38. The number of aliphatic hydroxyl groups is 1. The van der Waals surface area contributed by atoms with Gasteiger partial charge in [-0.3, -0.25) is 14.4 Å². The number of aliphatic hydroxyl groups excluding tert-OH is 1. The number of benzene rings is 1.